The lowest BCUT2D eigenvalue weighted by molar-refractivity contribution is -0.0250. The lowest BCUT2D eigenvalue weighted by atomic mass is 9.92. The summed E-state index contributed by atoms with van der Waals surface area (Å²) >= 11 is 0. The SMILES string of the molecule is C1CC2CNCC(C2)O1. The van der Waals surface area contributed by atoms with Crippen LogP contribution in [0.4, 0.5) is 0 Å². The van der Waals surface area contributed by atoms with Crippen molar-refractivity contribution in [1.29, 1.82) is 0 Å². The van der Waals surface area contributed by atoms with Crippen LogP contribution in [-0.2, 0) is 4.74 Å². The highest BCUT2D eigenvalue weighted by molar-refractivity contribution is 4.79. The van der Waals surface area contributed by atoms with E-state index in [2.05, 4.69) is 5.32 Å². The molecule has 0 amide bonds. The lowest BCUT2D eigenvalue weighted by Gasteiger charge is -2.34. The number of ether oxygens (including phenoxy) is 1. The summed E-state index contributed by atoms with van der Waals surface area (Å²) in [5, 5.41) is 3.36. The Balaban J connectivity index is 1.96. The topological polar surface area (TPSA) is 21.3 Å². The molecule has 0 aliphatic carbocycles. The van der Waals surface area contributed by atoms with Crippen molar-refractivity contribution in [1.82, 2.24) is 5.32 Å². The summed E-state index contributed by atoms with van der Waals surface area (Å²) in [7, 11) is 0. The first-order valence-corrected chi connectivity index (χ1v) is 3.77. The number of hydrogen-bond acceptors (Lipinski definition) is 2. The normalized spacial score (nSPS) is 42.7. The Labute approximate surface area is 55.6 Å². The molecular formula is C7H13NO. The average Bonchev–Trinajstić information content (AvgIpc) is 1.88. The molecule has 1 N–H and O–H groups in total. The molecule has 2 aliphatic rings. The fraction of sp³-hybridized carbons (Fsp3) is 1.00. The summed E-state index contributed by atoms with van der Waals surface area (Å²) < 4.78 is 5.49. The van der Waals surface area contributed by atoms with Crippen molar-refractivity contribution in [3.63, 3.8) is 0 Å². The molecule has 2 unspecified atom stereocenters. The van der Waals surface area contributed by atoms with Gasteiger partial charge in [-0.15, -0.1) is 0 Å². The van der Waals surface area contributed by atoms with Gasteiger partial charge >= 0.3 is 0 Å². The maximum atomic E-state index is 5.49. The van der Waals surface area contributed by atoms with E-state index in [1.807, 2.05) is 0 Å². The third kappa shape index (κ3) is 1.10. The summed E-state index contributed by atoms with van der Waals surface area (Å²) in [6.07, 6.45) is 3.11. The van der Waals surface area contributed by atoms with Crippen LogP contribution in [0, 0.1) is 5.92 Å². The highest BCUT2D eigenvalue weighted by atomic mass is 16.5. The zero-order chi connectivity index (χ0) is 6.10. The first-order valence-electron chi connectivity index (χ1n) is 3.77. The van der Waals surface area contributed by atoms with Gasteiger partial charge in [-0.3, -0.25) is 0 Å². The third-order valence-electron chi connectivity index (χ3n) is 2.28. The Morgan fingerprint density at radius 3 is 3.11 bits per heavy atom. The quantitative estimate of drug-likeness (QED) is 0.508. The number of piperidine rings is 1. The van der Waals surface area contributed by atoms with Gasteiger partial charge in [-0.05, 0) is 25.3 Å². The molecule has 0 aromatic rings. The maximum Gasteiger partial charge on any atom is 0.0702 e. The molecule has 2 nitrogen and oxygen atoms in total. The minimum absolute atomic E-state index is 0.539. The van der Waals surface area contributed by atoms with Gasteiger partial charge in [0.15, 0.2) is 0 Å². The minimum Gasteiger partial charge on any atom is -0.377 e. The first kappa shape index (κ1) is 5.69. The lowest BCUT2D eigenvalue weighted by Crippen LogP contribution is -2.44. The average molecular weight is 127 g/mol. The van der Waals surface area contributed by atoms with Crippen LogP contribution in [0.3, 0.4) is 0 Å². The van der Waals surface area contributed by atoms with Crippen LogP contribution in [0.15, 0.2) is 0 Å². The predicted molar refractivity (Wildman–Crippen MR) is 35.3 cm³/mol. The van der Waals surface area contributed by atoms with Gasteiger partial charge in [-0.2, -0.15) is 0 Å². The van der Waals surface area contributed by atoms with Gasteiger partial charge in [-0.25, -0.2) is 0 Å². The second kappa shape index (κ2) is 2.27. The van der Waals surface area contributed by atoms with Crippen molar-refractivity contribution in [2.45, 2.75) is 18.9 Å². The molecular weight excluding hydrogens is 114 g/mol. The van der Waals surface area contributed by atoms with Crippen LogP contribution in [0.25, 0.3) is 0 Å². The number of rotatable bonds is 0. The minimum atomic E-state index is 0.539. The number of nitrogens with one attached hydrogen (secondary N) is 1. The van der Waals surface area contributed by atoms with Gasteiger partial charge in [0.1, 0.15) is 0 Å². The zero-order valence-corrected chi connectivity index (χ0v) is 5.60. The molecule has 2 rings (SSSR count). The molecule has 0 spiro atoms. The number of fused-ring (bicyclic) bond motifs is 2. The van der Waals surface area contributed by atoms with E-state index in [9.17, 15) is 0 Å². The van der Waals surface area contributed by atoms with E-state index in [4.69, 9.17) is 4.74 Å². The van der Waals surface area contributed by atoms with Gasteiger partial charge in [0.05, 0.1) is 6.10 Å². The number of hydrogen-bond donors (Lipinski definition) is 1. The Morgan fingerprint density at radius 1 is 1.33 bits per heavy atom. The molecule has 2 atom stereocenters. The second-order valence-electron chi connectivity index (χ2n) is 3.04. The maximum absolute atomic E-state index is 5.49. The molecule has 2 aliphatic heterocycles. The van der Waals surface area contributed by atoms with E-state index in [0.717, 1.165) is 19.1 Å². The third-order valence-corrected chi connectivity index (χ3v) is 2.28. The van der Waals surface area contributed by atoms with E-state index < -0.39 is 0 Å². The fourth-order valence-corrected chi connectivity index (χ4v) is 1.74. The molecule has 2 fully saturated rings. The van der Waals surface area contributed by atoms with E-state index in [1.54, 1.807) is 0 Å². The van der Waals surface area contributed by atoms with E-state index in [-0.39, 0.29) is 0 Å². The van der Waals surface area contributed by atoms with Crippen molar-refractivity contribution in [3.05, 3.63) is 0 Å². The Bertz CT molecular complexity index is 85.1. The van der Waals surface area contributed by atoms with Crippen LogP contribution in [-0.4, -0.2) is 25.8 Å². The standard InChI is InChI=1S/C7H13NO/c1-2-9-7-3-6(1)4-8-5-7/h6-8H,1-5H2. The van der Waals surface area contributed by atoms with E-state index in [0.29, 0.717) is 6.10 Å². The summed E-state index contributed by atoms with van der Waals surface area (Å²) in [6, 6.07) is 0. The van der Waals surface area contributed by atoms with Gasteiger partial charge < -0.3 is 10.1 Å². The molecule has 0 aromatic heterocycles. The van der Waals surface area contributed by atoms with Gasteiger partial charge in [0.2, 0.25) is 0 Å². The molecule has 0 aromatic carbocycles. The van der Waals surface area contributed by atoms with E-state index in [1.165, 1.54) is 19.4 Å². The molecule has 52 valence electrons. The first-order chi connectivity index (χ1) is 4.45. The van der Waals surface area contributed by atoms with Crippen molar-refractivity contribution < 1.29 is 4.74 Å². The van der Waals surface area contributed by atoms with Crippen molar-refractivity contribution in [2.24, 2.45) is 5.92 Å². The Kier molecular flexibility index (Phi) is 1.44. The molecule has 2 heterocycles. The molecule has 2 heteroatoms. The molecule has 2 bridgehead atoms. The predicted octanol–water partition coefficient (Wildman–Crippen LogP) is 0.385. The highest BCUT2D eigenvalue weighted by Crippen LogP contribution is 2.21. The Hall–Kier alpha value is -0.0800. The van der Waals surface area contributed by atoms with Crippen LogP contribution in [0.1, 0.15) is 12.8 Å². The molecule has 0 radical (unpaired) electrons. The Morgan fingerprint density at radius 2 is 2.33 bits per heavy atom. The highest BCUT2D eigenvalue weighted by Gasteiger charge is 2.25. The fourth-order valence-electron chi connectivity index (χ4n) is 1.74. The molecule has 9 heavy (non-hydrogen) atoms. The smallest absolute Gasteiger partial charge is 0.0702 e. The summed E-state index contributed by atoms with van der Waals surface area (Å²) in [6.45, 7) is 3.30. The summed E-state index contributed by atoms with van der Waals surface area (Å²) in [4.78, 5) is 0. The second-order valence-corrected chi connectivity index (χ2v) is 3.04. The molecule has 0 saturated carbocycles. The van der Waals surface area contributed by atoms with Crippen molar-refractivity contribution in [2.75, 3.05) is 19.7 Å². The summed E-state index contributed by atoms with van der Waals surface area (Å²) in [5.74, 6) is 0.914. The van der Waals surface area contributed by atoms with Crippen LogP contribution in [0.5, 0.6) is 0 Å². The van der Waals surface area contributed by atoms with Gasteiger partial charge in [0.25, 0.3) is 0 Å². The van der Waals surface area contributed by atoms with E-state index >= 15 is 0 Å². The summed E-state index contributed by atoms with van der Waals surface area (Å²) in [5.41, 5.74) is 0. The van der Waals surface area contributed by atoms with Crippen molar-refractivity contribution >= 4 is 0 Å². The van der Waals surface area contributed by atoms with Gasteiger partial charge in [0, 0.05) is 13.2 Å². The van der Waals surface area contributed by atoms with Crippen LogP contribution >= 0.6 is 0 Å². The largest absolute Gasteiger partial charge is 0.377 e. The van der Waals surface area contributed by atoms with Crippen LogP contribution in [0.2, 0.25) is 0 Å². The van der Waals surface area contributed by atoms with Crippen molar-refractivity contribution in [3.8, 4) is 0 Å². The zero-order valence-electron chi connectivity index (χ0n) is 5.60. The molecule has 2 saturated heterocycles. The monoisotopic (exact) mass is 127 g/mol. The van der Waals surface area contributed by atoms with Crippen LogP contribution < -0.4 is 5.32 Å². The van der Waals surface area contributed by atoms with Gasteiger partial charge in [-0.1, -0.05) is 0 Å².